The third-order valence-corrected chi connectivity index (χ3v) is 2.85. The minimum atomic E-state index is 0.242. The zero-order chi connectivity index (χ0) is 14.3. The van der Waals surface area contributed by atoms with Gasteiger partial charge in [0.2, 0.25) is 0 Å². The zero-order valence-electron chi connectivity index (χ0n) is 11.3. The second kappa shape index (κ2) is 6.52. The molecule has 4 heteroatoms. The number of hydrogen-bond donors (Lipinski definition) is 0. The first-order valence-corrected chi connectivity index (χ1v) is 6.65. The minimum Gasteiger partial charge on any atom is -0.457 e. The molecule has 0 aliphatic carbocycles. The van der Waals surface area contributed by atoms with Crippen LogP contribution in [0.4, 0.5) is 0 Å². The molecule has 0 saturated carbocycles. The van der Waals surface area contributed by atoms with Gasteiger partial charge in [0.15, 0.2) is 0 Å². The predicted octanol–water partition coefficient (Wildman–Crippen LogP) is 3.83. The van der Waals surface area contributed by atoms with Crippen LogP contribution in [0.5, 0.6) is 6.01 Å². The fraction of sp³-hybridized carbons (Fsp3) is 0.0588. The third-order valence-electron chi connectivity index (χ3n) is 2.85. The van der Waals surface area contributed by atoms with Crippen molar-refractivity contribution in [3.63, 3.8) is 0 Å². The van der Waals surface area contributed by atoms with Gasteiger partial charge in [-0.2, -0.15) is 4.98 Å². The Kier molecular flexibility index (Phi) is 4.07. The molecule has 0 bridgehead atoms. The predicted molar refractivity (Wildman–Crippen MR) is 80.7 cm³/mol. The summed E-state index contributed by atoms with van der Waals surface area (Å²) in [6, 6.07) is 19.9. The van der Waals surface area contributed by atoms with Gasteiger partial charge in [0.1, 0.15) is 6.61 Å². The van der Waals surface area contributed by atoms with Gasteiger partial charge >= 0.3 is 6.01 Å². The number of nitrogens with zero attached hydrogens (tertiary/aromatic N) is 2. The highest BCUT2D eigenvalue weighted by atomic mass is 16.5. The van der Waals surface area contributed by atoms with Crippen molar-refractivity contribution in [2.45, 2.75) is 0 Å². The highest BCUT2D eigenvalue weighted by molar-refractivity contribution is 5.52. The lowest BCUT2D eigenvalue weighted by atomic mass is 10.2. The molecule has 0 atom stereocenters. The molecule has 1 aromatic heterocycles. The molecule has 0 unspecified atom stereocenters. The Morgan fingerprint density at radius 2 is 1.67 bits per heavy atom. The van der Waals surface area contributed by atoms with Gasteiger partial charge < -0.3 is 9.26 Å². The van der Waals surface area contributed by atoms with E-state index in [1.165, 1.54) is 0 Å². The van der Waals surface area contributed by atoms with Crippen LogP contribution in [0.25, 0.3) is 17.5 Å². The average molecular weight is 278 g/mol. The van der Waals surface area contributed by atoms with Gasteiger partial charge in [0.05, 0.1) is 0 Å². The van der Waals surface area contributed by atoms with E-state index in [0.29, 0.717) is 12.5 Å². The normalized spacial score (nSPS) is 10.9. The molecule has 0 amide bonds. The summed E-state index contributed by atoms with van der Waals surface area (Å²) in [6.07, 6.45) is 3.89. The van der Waals surface area contributed by atoms with Crippen LogP contribution in [0.2, 0.25) is 0 Å². The molecule has 3 aromatic rings. The number of benzene rings is 2. The van der Waals surface area contributed by atoms with Crippen molar-refractivity contribution in [2.75, 3.05) is 6.61 Å². The van der Waals surface area contributed by atoms with Gasteiger partial charge in [-0.3, -0.25) is 0 Å². The second-order valence-corrected chi connectivity index (χ2v) is 4.37. The quantitative estimate of drug-likeness (QED) is 0.711. The molecule has 4 nitrogen and oxygen atoms in total. The lowest BCUT2D eigenvalue weighted by Gasteiger charge is -1.95. The topological polar surface area (TPSA) is 48.2 Å². The Hall–Kier alpha value is -2.88. The SMILES string of the molecule is C(=C\c1ccccc1)/COc1noc(-c2ccccc2)n1. The molecule has 0 N–H and O–H groups in total. The molecule has 2 aromatic carbocycles. The van der Waals surface area contributed by atoms with E-state index in [1.54, 1.807) is 0 Å². The molecule has 0 fully saturated rings. The van der Waals surface area contributed by atoms with Crippen LogP contribution in [-0.4, -0.2) is 16.7 Å². The van der Waals surface area contributed by atoms with Crippen LogP contribution in [0.1, 0.15) is 5.56 Å². The first-order chi connectivity index (χ1) is 10.4. The van der Waals surface area contributed by atoms with E-state index in [-0.39, 0.29) is 6.01 Å². The average Bonchev–Trinajstić information content (AvgIpc) is 3.02. The van der Waals surface area contributed by atoms with Crippen molar-refractivity contribution in [1.29, 1.82) is 0 Å². The number of rotatable bonds is 5. The lowest BCUT2D eigenvalue weighted by molar-refractivity contribution is 0.307. The van der Waals surface area contributed by atoms with E-state index < -0.39 is 0 Å². The Morgan fingerprint density at radius 3 is 2.43 bits per heavy atom. The summed E-state index contributed by atoms with van der Waals surface area (Å²) in [5.74, 6) is 0.456. The van der Waals surface area contributed by atoms with Crippen LogP contribution < -0.4 is 4.74 Å². The highest BCUT2D eigenvalue weighted by Crippen LogP contribution is 2.18. The molecule has 0 aliphatic rings. The fourth-order valence-corrected chi connectivity index (χ4v) is 1.84. The standard InChI is InChI=1S/C17H14N2O2/c1-3-8-14(9-4-1)10-7-13-20-17-18-16(21-19-17)15-11-5-2-6-12-15/h1-12H,13H2/b10-7+. The largest absolute Gasteiger partial charge is 0.457 e. The van der Waals surface area contributed by atoms with Gasteiger partial charge in [0.25, 0.3) is 5.89 Å². The van der Waals surface area contributed by atoms with Crippen molar-refractivity contribution in [3.05, 3.63) is 72.3 Å². The fourth-order valence-electron chi connectivity index (χ4n) is 1.84. The maximum absolute atomic E-state index is 5.43. The monoisotopic (exact) mass is 278 g/mol. The molecule has 0 saturated heterocycles. The van der Waals surface area contributed by atoms with Gasteiger partial charge in [-0.25, -0.2) is 0 Å². The maximum atomic E-state index is 5.43. The third kappa shape index (κ3) is 3.57. The maximum Gasteiger partial charge on any atom is 0.354 e. The van der Waals surface area contributed by atoms with Crippen molar-refractivity contribution in [1.82, 2.24) is 10.1 Å². The van der Waals surface area contributed by atoms with E-state index in [0.717, 1.165) is 11.1 Å². The van der Waals surface area contributed by atoms with Gasteiger partial charge in [0, 0.05) is 5.56 Å². The van der Waals surface area contributed by atoms with Crippen LogP contribution in [-0.2, 0) is 0 Å². The van der Waals surface area contributed by atoms with Gasteiger partial charge in [-0.1, -0.05) is 54.6 Å². The molecule has 21 heavy (non-hydrogen) atoms. The summed E-state index contributed by atoms with van der Waals surface area (Å²) in [5.41, 5.74) is 2.00. The molecule has 1 heterocycles. The number of aromatic nitrogens is 2. The summed E-state index contributed by atoms with van der Waals surface area (Å²) in [6.45, 7) is 0.392. The van der Waals surface area contributed by atoms with E-state index >= 15 is 0 Å². The van der Waals surface area contributed by atoms with E-state index in [4.69, 9.17) is 9.26 Å². The Bertz CT molecular complexity index is 706. The number of ether oxygens (including phenoxy) is 1. The summed E-state index contributed by atoms with van der Waals surface area (Å²) in [4.78, 5) is 4.19. The summed E-state index contributed by atoms with van der Waals surface area (Å²) in [5, 5.41) is 3.79. The van der Waals surface area contributed by atoms with E-state index in [2.05, 4.69) is 10.1 Å². The second-order valence-electron chi connectivity index (χ2n) is 4.37. The molecule has 0 spiro atoms. The molecule has 0 radical (unpaired) electrons. The van der Waals surface area contributed by atoms with Crippen LogP contribution in [0.3, 0.4) is 0 Å². The van der Waals surface area contributed by atoms with Crippen molar-refractivity contribution in [3.8, 4) is 17.5 Å². The first-order valence-electron chi connectivity index (χ1n) is 6.65. The van der Waals surface area contributed by atoms with Gasteiger partial charge in [-0.15, -0.1) is 0 Å². The summed E-state index contributed by atoms with van der Waals surface area (Å²) < 4.78 is 10.6. The Labute approximate surface area is 122 Å². The number of hydrogen-bond acceptors (Lipinski definition) is 4. The Morgan fingerprint density at radius 1 is 0.952 bits per heavy atom. The van der Waals surface area contributed by atoms with Crippen LogP contribution >= 0.6 is 0 Å². The summed E-state index contributed by atoms with van der Waals surface area (Å²) in [7, 11) is 0. The lowest BCUT2D eigenvalue weighted by Crippen LogP contribution is -1.94. The smallest absolute Gasteiger partial charge is 0.354 e. The zero-order valence-corrected chi connectivity index (χ0v) is 11.3. The minimum absolute atomic E-state index is 0.242. The van der Waals surface area contributed by atoms with Crippen molar-refractivity contribution in [2.24, 2.45) is 0 Å². The molecular formula is C17H14N2O2. The highest BCUT2D eigenvalue weighted by Gasteiger charge is 2.08. The van der Waals surface area contributed by atoms with E-state index in [9.17, 15) is 0 Å². The summed E-state index contributed by atoms with van der Waals surface area (Å²) >= 11 is 0. The van der Waals surface area contributed by atoms with E-state index in [1.807, 2.05) is 72.8 Å². The molecule has 3 rings (SSSR count). The molecular weight excluding hydrogens is 264 g/mol. The molecule has 104 valence electrons. The van der Waals surface area contributed by atoms with Gasteiger partial charge in [-0.05, 0) is 28.9 Å². The molecule has 0 aliphatic heterocycles. The van der Waals surface area contributed by atoms with Crippen LogP contribution in [0.15, 0.2) is 71.3 Å². The Balaban J connectivity index is 1.57. The van der Waals surface area contributed by atoms with Crippen molar-refractivity contribution < 1.29 is 9.26 Å². The van der Waals surface area contributed by atoms with Crippen molar-refractivity contribution >= 4 is 6.08 Å². The first kappa shape index (κ1) is 13.1. The van der Waals surface area contributed by atoms with Crippen LogP contribution in [0, 0.1) is 0 Å².